The number of nitrogens with one attached hydrogen (secondary N) is 1. The summed E-state index contributed by atoms with van der Waals surface area (Å²) in [4.78, 5) is 24.2. The molecule has 0 aromatic heterocycles. The molecule has 3 fully saturated rings. The third-order valence-corrected chi connectivity index (χ3v) is 7.64. The molecule has 7 atom stereocenters. The quantitative estimate of drug-likeness (QED) is 0.743. The number of hydrogen-bond donors (Lipinski definition) is 1. The predicted octanol–water partition coefficient (Wildman–Crippen LogP) is 3.52. The van der Waals surface area contributed by atoms with Crippen molar-refractivity contribution in [3.8, 4) is 0 Å². The summed E-state index contributed by atoms with van der Waals surface area (Å²) >= 11 is 0. The summed E-state index contributed by atoms with van der Waals surface area (Å²) in [5.74, 6) is 0.138. The molecule has 4 heteroatoms. The van der Waals surface area contributed by atoms with Crippen molar-refractivity contribution in [1.29, 1.82) is 5.41 Å². The Morgan fingerprint density at radius 3 is 2.70 bits per heavy atom. The van der Waals surface area contributed by atoms with Crippen molar-refractivity contribution in [2.45, 2.75) is 52.1 Å². The first-order valence-corrected chi connectivity index (χ1v) is 8.78. The highest BCUT2D eigenvalue weighted by Gasteiger charge is 2.62. The fourth-order valence-electron chi connectivity index (χ4n) is 6.39. The lowest BCUT2D eigenvalue weighted by Gasteiger charge is -2.58. The molecule has 4 rings (SSSR count). The molecule has 124 valence electrons. The van der Waals surface area contributed by atoms with Crippen molar-refractivity contribution < 1.29 is 14.0 Å². The fraction of sp³-hybridized carbons (Fsp3) is 0.737. The first kappa shape index (κ1) is 15.2. The van der Waals surface area contributed by atoms with Gasteiger partial charge in [0.05, 0.1) is 5.71 Å². The molecule has 0 aromatic rings. The summed E-state index contributed by atoms with van der Waals surface area (Å²) in [6, 6.07) is 0. The van der Waals surface area contributed by atoms with Crippen LogP contribution < -0.4 is 0 Å². The number of hydrogen-bond acceptors (Lipinski definition) is 3. The maximum atomic E-state index is 15.0. The number of rotatable bonds is 0. The fourth-order valence-corrected chi connectivity index (χ4v) is 6.39. The number of ketones is 2. The van der Waals surface area contributed by atoms with Crippen LogP contribution in [0.3, 0.4) is 0 Å². The Hall–Kier alpha value is -1.32. The van der Waals surface area contributed by atoms with Gasteiger partial charge in [-0.05, 0) is 49.5 Å². The number of carbonyl (C=O) groups excluding carboxylic acids is 2. The summed E-state index contributed by atoms with van der Waals surface area (Å²) in [6.45, 7) is 4.10. The molecule has 0 saturated heterocycles. The van der Waals surface area contributed by atoms with Crippen LogP contribution in [0.1, 0.15) is 46.0 Å². The van der Waals surface area contributed by atoms with Crippen molar-refractivity contribution in [1.82, 2.24) is 0 Å². The van der Waals surface area contributed by atoms with Gasteiger partial charge in [0.1, 0.15) is 12.0 Å². The maximum Gasteiger partial charge on any atom is 0.199 e. The summed E-state index contributed by atoms with van der Waals surface area (Å²) in [7, 11) is 0. The summed E-state index contributed by atoms with van der Waals surface area (Å²) in [6.07, 6.45) is 5.88. The van der Waals surface area contributed by atoms with Crippen LogP contribution in [-0.4, -0.2) is 23.4 Å². The molecule has 0 aromatic carbocycles. The van der Waals surface area contributed by atoms with Gasteiger partial charge in [0.15, 0.2) is 5.78 Å². The minimum absolute atomic E-state index is 0.0585. The van der Waals surface area contributed by atoms with Crippen LogP contribution in [0.25, 0.3) is 0 Å². The van der Waals surface area contributed by atoms with E-state index in [0.29, 0.717) is 18.6 Å². The Kier molecular flexibility index (Phi) is 3.05. The normalized spacial score (nSPS) is 52.1. The summed E-state index contributed by atoms with van der Waals surface area (Å²) in [5, 5.41) is 8.10. The molecule has 4 aliphatic rings. The van der Waals surface area contributed by atoms with Gasteiger partial charge in [-0.3, -0.25) is 9.59 Å². The molecule has 23 heavy (non-hydrogen) atoms. The topological polar surface area (TPSA) is 58.0 Å². The second-order valence-corrected chi connectivity index (χ2v) is 8.50. The van der Waals surface area contributed by atoms with E-state index in [2.05, 4.69) is 6.92 Å². The zero-order chi connectivity index (χ0) is 16.6. The van der Waals surface area contributed by atoms with Crippen LogP contribution in [0.5, 0.6) is 0 Å². The Bertz CT molecular complexity index is 641. The highest BCUT2D eigenvalue weighted by molar-refractivity contribution is 6.44. The van der Waals surface area contributed by atoms with Crippen LogP contribution in [-0.2, 0) is 9.59 Å². The van der Waals surface area contributed by atoms with Crippen LogP contribution in [0, 0.1) is 39.9 Å². The Labute approximate surface area is 136 Å². The molecule has 4 aliphatic carbocycles. The van der Waals surface area contributed by atoms with Gasteiger partial charge < -0.3 is 5.41 Å². The third-order valence-electron chi connectivity index (χ3n) is 7.64. The Balaban J connectivity index is 1.77. The SMILES string of the molecule is C[C@]12C=CC(=O)C(=N)C1[C@@H](F)C[C@@H]1[C@@H]2CC[C@]2(C)C(=O)CC[C@@H]12. The molecule has 1 unspecified atom stereocenters. The van der Waals surface area contributed by atoms with E-state index in [-0.39, 0.29) is 34.7 Å². The summed E-state index contributed by atoms with van der Waals surface area (Å²) in [5.41, 5.74) is -0.789. The van der Waals surface area contributed by atoms with Crippen LogP contribution >= 0.6 is 0 Å². The van der Waals surface area contributed by atoms with Crippen LogP contribution in [0.15, 0.2) is 12.2 Å². The van der Waals surface area contributed by atoms with Crippen molar-refractivity contribution >= 4 is 17.3 Å². The largest absolute Gasteiger partial charge is 0.301 e. The molecule has 0 spiro atoms. The van der Waals surface area contributed by atoms with Gasteiger partial charge in [0.25, 0.3) is 0 Å². The second kappa shape index (κ2) is 4.61. The van der Waals surface area contributed by atoms with Gasteiger partial charge in [-0.2, -0.15) is 0 Å². The molecular weight excluding hydrogens is 293 g/mol. The highest BCUT2D eigenvalue weighted by atomic mass is 19.1. The van der Waals surface area contributed by atoms with Crippen molar-refractivity contribution in [3.05, 3.63) is 12.2 Å². The zero-order valence-electron chi connectivity index (χ0n) is 13.8. The zero-order valence-corrected chi connectivity index (χ0v) is 13.8. The molecule has 1 N–H and O–H groups in total. The minimum Gasteiger partial charge on any atom is -0.301 e. The van der Waals surface area contributed by atoms with Crippen LogP contribution in [0.4, 0.5) is 4.39 Å². The Morgan fingerprint density at radius 1 is 1.22 bits per heavy atom. The monoisotopic (exact) mass is 317 g/mol. The lowest BCUT2D eigenvalue weighted by atomic mass is 9.46. The molecular formula is C19H24FNO2. The summed E-state index contributed by atoms with van der Waals surface area (Å²) < 4.78 is 15.0. The Morgan fingerprint density at radius 2 is 1.96 bits per heavy atom. The number of Topliss-reactive ketones (excluding diaryl/α,β-unsaturated/α-hetero) is 1. The van der Waals surface area contributed by atoms with Crippen molar-refractivity contribution in [2.75, 3.05) is 0 Å². The maximum absolute atomic E-state index is 15.0. The first-order chi connectivity index (χ1) is 10.8. The van der Waals surface area contributed by atoms with E-state index in [1.165, 1.54) is 6.08 Å². The standard InChI is InChI=1S/C19H24FNO2/c1-18-7-5-12-10(11(18)3-4-15(18)23)9-13(20)16-17(21)14(22)6-8-19(12,16)2/h6,8,10-13,16,21H,3-5,7,9H2,1-2H3/t10-,11-,12-,13-,16?,18-,19+/m0/s1. The van der Waals surface area contributed by atoms with E-state index in [4.69, 9.17) is 5.41 Å². The lowest BCUT2D eigenvalue weighted by Crippen LogP contribution is -2.58. The van der Waals surface area contributed by atoms with Gasteiger partial charge in [-0.25, -0.2) is 4.39 Å². The van der Waals surface area contributed by atoms with Gasteiger partial charge in [0.2, 0.25) is 0 Å². The molecule has 0 aliphatic heterocycles. The lowest BCUT2D eigenvalue weighted by molar-refractivity contribution is -0.135. The van der Waals surface area contributed by atoms with E-state index < -0.39 is 17.5 Å². The van der Waals surface area contributed by atoms with E-state index in [0.717, 1.165) is 19.3 Å². The van der Waals surface area contributed by atoms with Gasteiger partial charge in [0, 0.05) is 23.2 Å². The number of fused-ring (bicyclic) bond motifs is 5. The van der Waals surface area contributed by atoms with Crippen molar-refractivity contribution in [2.24, 2.45) is 34.5 Å². The third kappa shape index (κ3) is 1.78. The highest BCUT2D eigenvalue weighted by Crippen LogP contribution is 2.64. The van der Waals surface area contributed by atoms with Crippen molar-refractivity contribution in [3.63, 3.8) is 0 Å². The van der Waals surface area contributed by atoms with E-state index >= 15 is 4.39 Å². The average Bonchev–Trinajstić information content (AvgIpc) is 2.79. The molecule has 3 nitrogen and oxygen atoms in total. The van der Waals surface area contributed by atoms with Gasteiger partial charge >= 0.3 is 0 Å². The minimum atomic E-state index is -1.15. The first-order valence-electron chi connectivity index (χ1n) is 8.78. The molecule has 3 saturated carbocycles. The molecule has 0 radical (unpaired) electrons. The molecule has 0 bridgehead atoms. The van der Waals surface area contributed by atoms with Gasteiger partial charge in [-0.15, -0.1) is 0 Å². The molecule has 0 heterocycles. The molecule has 0 amide bonds. The average molecular weight is 317 g/mol. The van der Waals surface area contributed by atoms with Crippen LogP contribution in [0.2, 0.25) is 0 Å². The van der Waals surface area contributed by atoms with E-state index in [1.54, 1.807) is 0 Å². The van der Waals surface area contributed by atoms with E-state index in [9.17, 15) is 9.59 Å². The number of alkyl halides is 1. The second-order valence-electron chi connectivity index (χ2n) is 8.50. The number of allylic oxidation sites excluding steroid dienone is 2. The number of carbonyl (C=O) groups is 2. The van der Waals surface area contributed by atoms with Gasteiger partial charge in [-0.1, -0.05) is 19.9 Å². The smallest absolute Gasteiger partial charge is 0.199 e. The van der Waals surface area contributed by atoms with E-state index in [1.807, 2.05) is 13.0 Å². The predicted molar refractivity (Wildman–Crippen MR) is 85.0 cm³/mol. The number of halogens is 1.